The van der Waals surface area contributed by atoms with Crippen LogP contribution in [0.1, 0.15) is 32.6 Å². The van der Waals surface area contributed by atoms with Crippen LogP contribution in [0.3, 0.4) is 0 Å². The average molecular weight is 379 g/mol. The number of carbonyl (C=O) groups excluding carboxylic acids is 1. The summed E-state index contributed by atoms with van der Waals surface area (Å²) in [5, 5.41) is 15.5. The van der Waals surface area contributed by atoms with Crippen LogP contribution in [0.4, 0.5) is 4.39 Å². The first-order chi connectivity index (χ1) is 12.4. The second kappa shape index (κ2) is 11.5. The summed E-state index contributed by atoms with van der Waals surface area (Å²) < 4.78 is 12.7. The quantitative estimate of drug-likeness (QED) is 0.361. The first-order valence-electron chi connectivity index (χ1n) is 8.56. The smallest absolute Gasteiger partial charge is 0.272 e. The molecule has 0 saturated heterocycles. The van der Waals surface area contributed by atoms with Gasteiger partial charge in [0.05, 0.1) is 5.83 Å². The van der Waals surface area contributed by atoms with Crippen molar-refractivity contribution in [2.24, 2.45) is 5.10 Å². The van der Waals surface area contributed by atoms with Crippen LogP contribution in [0, 0.1) is 5.41 Å². The standard InChI is InChI=1S/C19H27FN4OS/c1-4-6-17(23(3)22-10-8-15(2)20)13-18(21)19(25)24-11-5-7-16(14-24)9-12-26/h7,9-10,12-13,21,26H,2,4-6,8,11,14H2,1,3H3/b12-9-,17-13-,21-18?,22-10+. The average Bonchev–Trinajstić information content (AvgIpc) is 2.60. The van der Waals surface area contributed by atoms with Gasteiger partial charge in [0, 0.05) is 38.5 Å². The van der Waals surface area contributed by atoms with Crippen LogP contribution in [-0.4, -0.2) is 47.9 Å². The molecule has 5 nitrogen and oxygen atoms in total. The van der Waals surface area contributed by atoms with Gasteiger partial charge in [0.1, 0.15) is 5.71 Å². The number of hydrogen-bond acceptors (Lipinski definition) is 5. The van der Waals surface area contributed by atoms with Crippen LogP contribution in [0.2, 0.25) is 0 Å². The largest absolute Gasteiger partial charge is 0.333 e. The highest BCUT2D eigenvalue weighted by Crippen LogP contribution is 2.14. The zero-order valence-electron chi connectivity index (χ0n) is 15.4. The van der Waals surface area contributed by atoms with Crippen molar-refractivity contribution in [3.8, 4) is 0 Å². The van der Waals surface area contributed by atoms with E-state index >= 15 is 0 Å². The van der Waals surface area contributed by atoms with Crippen LogP contribution in [0.15, 0.2) is 52.4 Å². The predicted molar refractivity (Wildman–Crippen MR) is 109 cm³/mol. The molecule has 0 radical (unpaired) electrons. The van der Waals surface area contributed by atoms with Gasteiger partial charge in [-0.15, -0.1) is 0 Å². The van der Waals surface area contributed by atoms with Crippen molar-refractivity contribution in [1.82, 2.24) is 9.91 Å². The molecule has 1 heterocycles. The summed E-state index contributed by atoms with van der Waals surface area (Å²) in [6, 6.07) is 0. The highest BCUT2D eigenvalue weighted by atomic mass is 32.1. The Morgan fingerprint density at radius 3 is 2.92 bits per heavy atom. The predicted octanol–water partition coefficient (Wildman–Crippen LogP) is 4.08. The Morgan fingerprint density at radius 1 is 1.58 bits per heavy atom. The highest BCUT2D eigenvalue weighted by Gasteiger charge is 2.20. The summed E-state index contributed by atoms with van der Waals surface area (Å²) in [5.41, 5.74) is 1.66. The molecule has 7 heteroatoms. The van der Waals surface area contributed by atoms with Gasteiger partial charge >= 0.3 is 0 Å². The summed E-state index contributed by atoms with van der Waals surface area (Å²) in [6.07, 6.45) is 9.19. The third-order valence-electron chi connectivity index (χ3n) is 3.79. The normalized spacial score (nSPS) is 15.5. The zero-order valence-corrected chi connectivity index (χ0v) is 16.3. The van der Waals surface area contributed by atoms with Crippen LogP contribution in [-0.2, 0) is 4.79 Å². The van der Waals surface area contributed by atoms with Crippen molar-refractivity contribution >= 4 is 30.5 Å². The lowest BCUT2D eigenvalue weighted by atomic mass is 10.1. The molecule has 0 unspecified atom stereocenters. The summed E-state index contributed by atoms with van der Waals surface area (Å²) in [6.45, 7) is 6.26. The van der Waals surface area contributed by atoms with E-state index in [0.29, 0.717) is 19.5 Å². The van der Waals surface area contributed by atoms with Crippen LogP contribution >= 0.6 is 12.6 Å². The molecule has 0 spiro atoms. The Hall–Kier alpha value is -2.15. The molecule has 26 heavy (non-hydrogen) atoms. The minimum atomic E-state index is -0.463. The number of rotatable bonds is 9. The molecule has 0 atom stereocenters. The van der Waals surface area contributed by atoms with Gasteiger partial charge in [-0.3, -0.25) is 15.2 Å². The van der Waals surface area contributed by atoms with Crippen molar-refractivity contribution < 1.29 is 9.18 Å². The van der Waals surface area contributed by atoms with Crippen LogP contribution < -0.4 is 0 Å². The lowest BCUT2D eigenvalue weighted by Gasteiger charge is -2.26. The van der Waals surface area contributed by atoms with Gasteiger partial charge in [-0.2, -0.15) is 17.7 Å². The van der Waals surface area contributed by atoms with Crippen molar-refractivity contribution in [3.05, 3.63) is 47.3 Å². The number of thiol groups is 1. The molecular weight excluding hydrogens is 351 g/mol. The van der Waals surface area contributed by atoms with Crippen molar-refractivity contribution in [2.75, 3.05) is 20.1 Å². The van der Waals surface area contributed by atoms with E-state index in [2.05, 4.69) is 30.4 Å². The molecule has 142 valence electrons. The Morgan fingerprint density at radius 2 is 2.31 bits per heavy atom. The van der Waals surface area contributed by atoms with Gasteiger partial charge in [-0.25, -0.2) is 4.39 Å². The second-order valence-corrected chi connectivity index (χ2v) is 6.25. The van der Waals surface area contributed by atoms with Gasteiger partial charge in [0.25, 0.3) is 5.91 Å². The maximum Gasteiger partial charge on any atom is 0.272 e. The number of hydrazone groups is 1. The van der Waals surface area contributed by atoms with Crippen LogP contribution in [0.5, 0.6) is 0 Å². The molecule has 0 aromatic heterocycles. The fourth-order valence-corrected chi connectivity index (χ4v) is 2.67. The molecular formula is C19H27FN4OS. The number of carbonyl (C=O) groups is 1. The van der Waals surface area contributed by atoms with E-state index in [1.54, 1.807) is 28.4 Å². The number of allylic oxidation sites excluding steroid dienone is 2. The summed E-state index contributed by atoms with van der Waals surface area (Å²) >= 11 is 4.06. The van der Waals surface area contributed by atoms with Gasteiger partial charge in [0.15, 0.2) is 0 Å². The second-order valence-electron chi connectivity index (χ2n) is 5.95. The summed E-state index contributed by atoms with van der Waals surface area (Å²) in [7, 11) is 1.72. The molecule has 1 rings (SSSR count). The van der Waals surface area contributed by atoms with Crippen molar-refractivity contribution in [2.45, 2.75) is 32.6 Å². The lowest BCUT2D eigenvalue weighted by Crippen LogP contribution is -2.39. The maximum atomic E-state index is 12.7. The molecule has 1 aliphatic heterocycles. The number of hydrogen-bond donors (Lipinski definition) is 2. The number of nitrogens with zero attached hydrogens (tertiary/aromatic N) is 3. The zero-order chi connectivity index (χ0) is 19.5. The fourth-order valence-electron chi connectivity index (χ4n) is 2.48. The van der Waals surface area contributed by atoms with E-state index in [4.69, 9.17) is 5.41 Å². The van der Waals surface area contributed by atoms with E-state index < -0.39 is 5.83 Å². The van der Waals surface area contributed by atoms with E-state index in [-0.39, 0.29) is 18.0 Å². The molecule has 1 N–H and O–H groups in total. The maximum absolute atomic E-state index is 12.7. The molecule has 0 aliphatic carbocycles. The van der Waals surface area contributed by atoms with E-state index in [1.165, 1.54) is 6.21 Å². The molecule has 1 amide bonds. The molecule has 1 aliphatic rings. The summed E-state index contributed by atoms with van der Waals surface area (Å²) in [5.74, 6) is -0.776. The van der Waals surface area contributed by atoms with Crippen LogP contribution in [0.25, 0.3) is 0 Å². The minimum absolute atomic E-state index is 0.0433. The van der Waals surface area contributed by atoms with E-state index in [1.807, 2.05) is 13.0 Å². The molecule has 0 fully saturated rings. The third kappa shape index (κ3) is 7.39. The monoisotopic (exact) mass is 378 g/mol. The first-order valence-corrected chi connectivity index (χ1v) is 9.08. The Balaban J connectivity index is 2.83. The number of halogens is 1. The summed E-state index contributed by atoms with van der Waals surface area (Å²) in [4.78, 5) is 14.2. The Labute approximate surface area is 160 Å². The van der Waals surface area contributed by atoms with Gasteiger partial charge in [-0.1, -0.05) is 32.1 Å². The van der Waals surface area contributed by atoms with Gasteiger partial charge < -0.3 is 4.90 Å². The Kier molecular flexibility index (Phi) is 9.65. The minimum Gasteiger partial charge on any atom is -0.333 e. The molecule has 0 saturated carbocycles. The lowest BCUT2D eigenvalue weighted by molar-refractivity contribution is -0.123. The van der Waals surface area contributed by atoms with Crippen molar-refractivity contribution in [1.29, 1.82) is 5.41 Å². The molecule has 0 aromatic rings. The van der Waals surface area contributed by atoms with Crippen molar-refractivity contribution in [3.63, 3.8) is 0 Å². The number of amides is 1. The topological polar surface area (TPSA) is 59.8 Å². The van der Waals surface area contributed by atoms with Gasteiger partial charge in [0.2, 0.25) is 0 Å². The fraction of sp³-hybridized carbons (Fsp3) is 0.421. The Bertz CT molecular complexity index is 652. The molecule has 0 bridgehead atoms. The molecule has 0 aromatic carbocycles. The van der Waals surface area contributed by atoms with E-state index in [9.17, 15) is 9.18 Å². The number of nitrogens with one attached hydrogen (secondary N) is 1. The highest BCUT2D eigenvalue weighted by molar-refractivity contribution is 7.83. The van der Waals surface area contributed by atoms with Gasteiger partial charge in [-0.05, 0) is 29.9 Å². The third-order valence-corrected chi connectivity index (χ3v) is 3.93. The first kappa shape index (κ1) is 21.9. The SMILES string of the molecule is C=C(F)C/C=N/N(C)/C(=C\C(=N)C(=O)N1CCC=C(/C=C\S)C1)CCC. The van der Waals surface area contributed by atoms with E-state index in [0.717, 1.165) is 24.1 Å².